The number of benzene rings is 1. The van der Waals surface area contributed by atoms with E-state index in [4.69, 9.17) is 0 Å². The average molecular weight is 286 g/mol. The molecule has 114 valence electrons. The summed E-state index contributed by atoms with van der Waals surface area (Å²) in [6.07, 6.45) is 5.78. The first-order chi connectivity index (χ1) is 10.3. The van der Waals surface area contributed by atoms with Gasteiger partial charge in [-0.25, -0.2) is 0 Å². The van der Waals surface area contributed by atoms with Gasteiger partial charge in [0.05, 0.1) is 6.04 Å². The number of likely N-dealkylation sites (tertiary alicyclic amines) is 1. The molecule has 0 radical (unpaired) electrons. The van der Waals surface area contributed by atoms with Gasteiger partial charge in [-0.3, -0.25) is 4.79 Å². The molecule has 0 spiro atoms. The molecule has 0 aromatic heterocycles. The van der Waals surface area contributed by atoms with Crippen molar-refractivity contribution < 1.29 is 4.79 Å². The number of carbonyl (C=O) groups is 1. The third-order valence-corrected chi connectivity index (χ3v) is 5.00. The van der Waals surface area contributed by atoms with E-state index in [9.17, 15) is 4.79 Å². The number of fused-ring (bicyclic) bond motifs is 1. The Labute approximate surface area is 127 Å². The van der Waals surface area contributed by atoms with E-state index >= 15 is 0 Å². The largest absolute Gasteiger partial charge is 0.341 e. The van der Waals surface area contributed by atoms with Crippen LogP contribution in [0.25, 0.3) is 0 Å². The summed E-state index contributed by atoms with van der Waals surface area (Å²) in [6.45, 7) is 4.96. The van der Waals surface area contributed by atoms with E-state index in [1.165, 1.54) is 36.8 Å². The molecular weight excluding hydrogens is 260 g/mol. The summed E-state index contributed by atoms with van der Waals surface area (Å²) in [6, 6.07) is 8.43. The van der Waals surface area contributed by atoms with Crippen molar-refractivity contribution in [3.8, 4) is 0 Å². The SMILES string of the molecule is CCCC1CCN(C(=O)[C@H]2Cc3ccccc3CN2)CC1. The second kappa shape index (κ2) is 6.61. The molecule has 1 amide bonds. The van der Waals surface area contributed by atoms with Crippen LogP contribution in [0.2, 0.25) is 0 Å². The number of nitrogens with zero attached hydrogens (tertiary/aromatic N) is 1. The van der Waals surface area contributed by atoms with Gasteiger partial charge in [-0.05, 0) is 36.3 Å². The number of rotatable bonds is 3. The van der Waals surface area contributed by atoms with Crippen LogP contribution in [-0.4, -0.2) is 29.9 Å². The standard InChI is InChI=1S/C18H26N2O/c1-2-5-14-8-10-20(11-9-14)18(21)17-12-15-6-3-4-7-16(15)13-19-17/h3-4,6-7,14,17,19H,2,5,8-13H2,1H3/t17-/m1/s1. The molecule has 0 aliphatic carbocycles. The van der Waals surface area contributed by atoms with Crippen molar-refractivity contribution in [1.82, 2.24) is 10.2 Å². The van der Waals surface area contributed by atoms with Crippen LogP contribution in [0.3, 0.4) is 0 Å². The monoisotopic (exact) mass is 286 g/mol. The molecule has 21 heavy (non-hydrogen) atoms. The molecule has 3 nitrogen and oxygen atoms in total. The number of hydrogen-bond acceptors (Lipinski definition) is 2. The van der Waals surface area contributed by atoms with Crippen molar-refractivity contribution in [2.24, 2.45) is 5.92 Å². The lowest BCUT2D eigenvalue weighted by atomic mass is 9.91. The van der Waals surface area contributed by atoms with Gasteiger partial charge >= 0.3 is 0 Å². The van der Waals surface area contributed by atoms with Crippen LogP contribution in [0, 0.1) is 5.92 Å². The maximum atomic E-state index is 12.7. The maximum Gasteiger partial charge on any atom is 0.240 e. The van der Waals surface area contributed by atoms with E-state index < -0.39 is 0 Å². The summed E-state index contributed by atoms with van der Waals surface area (Å²) in [5.41, 5.74) is 2.67. The lowest BCUT2D eigenvalue weighted by molar-refractivity contribution is -0.135. The molecule has 2 aliphatic rings. The van der Waals surface area contributed by atoms with Gasteiger partial charge in [0.1, 0.15) is 0 Å². The Hall–Kier alpha value is -1.35. The van der Waals surface area contributed by atoms with Crippen LogP contribution >= 0.6 is 0 Å². The number of nitrogens with one attached hydrogen (secondary N) is 1. The van der Waals surface area contributed by atoms with Crippen molar-refractivity contribution in [3.63, 3.8) is 0 Å². The van der Waals surface area contributed by atoms with E-state index in [0.717, 1.165) is 32.0 Å². The normalized spacial score (nSPS) is 22.9. The Bertz CT molecular complexity index is 492. The Balaban J connectivity index is 1.57. The number of piperidine rings is 1. The summed E-state index contributed by atoms with van der Waals surface area (Å²) < 4.78 is 0. The average Bonchev–Trinajstić information content (AvgIpc) is 2.55. The molecule has 2 aliphatic heterocycles. The molecule has 3 rings (SSSR count). The van der Waals surface area contributed by atoms with E-state index in [2.05, 4.69) is 41.4 Å². The highest BCUT2D eigenvalue weighted by molar-refractivity contribution is 5.82. The van der Waals surface area contributed by atoms with Crippen LogP contribution in [0.5, 0.6) is 0 Å². The molecule has 0 unspecified atom stereocenters. The fourth-order valence-corrected chi connectivity index (χ4v) is 3.70. The van der Waals surface area contributed by atoms with Gasteiger partial charge in [0.2, 0.25) is 5.91 Å². The molecule has 1 aromatic rings. The lowest BCUT2D eigenvalue weighted by Gasteiger charge is -2.35. The molecule has 1 saturated heterocycles. The van der Waals surface area contributed by atoms with Crippen molar-refractivity contribution in [1.29, 1.82) is 0 Å². The zero-order valence-electron chi connectivity index (χ0n) is 13.0. The Morgan fingerprint density at radius 2 is 1.95 bits per heavy atom. The van der Waals surface area contributed by atoms with E-state index in [1.54, 1.807) is 0 Å². The predicted octanol–water partition coefficient (Wildman–Crippen LogP) is 2.74. The lowest BCUT2D eigenvalue weighted by Crippen LogP contribution is -2.51. The molecule has 3 heteroatoms. The Morgan fingerprint density at radius 1 is 1.24 bits per heavy atom. The molecule has 0 saturated carbocycles. The summed E-state index contributed by atoms with van der Waals surface area (Å²) in [5, 5.41) is 3.42. The Kier molecular flexibility index (Phi) is 4.59. The van der Waals surface area contributed by atoms with E-state index in [0.29, 0.717) is 5.91 Å². The van der Waals surface area contributed by atoms with Gasteiger partial charge in [0.15, 0.2) is 0 Å². The highest BCUT2D eigenvalue weighted by atomic mass is 16.2. The van der Waals surface area contributed by atoms with Crippen LogP contribution in [0.4, 0.5) is 0 Å². The number of amides is 1. The second-order valence-corrected chi connectivity index (χ2v) is 6.46. The third kappa shape index (κ3) is 3.29. The quantitative estimate of drug-likeness (QED) is 0.926. The zero-order valence-corrected chi connectivity index (χ0v) is 13.0. The minimum absolute atomic E-state index is 0.0253. The van der Waals surface area contributed by atoms with E-state index in [1.807, 2.05) is 0 Å². The minimum atomic E-state index is -0.0253. The van der Waals surface area contributed by atoms with Gasteiger partial charge in [-0.1, -0.05) is 44.0 Å². The summed E-state index contributed by atoms with van der Waals surface area (Å²) in [7, 11) is 0. The second-order valence-electron chi connectivity index (χ2n) is 6.46. The van der Waals surface area contributed by atoms with E-state index in [-0.39, 0.29) is 6.04 Å². The van der Waals surface area contributed by atoms with Gasteiger partial charge in [-0.15, -0.1) is 0 Å². The van der Waals surface area contributed by atoms with Crippen LogP contribution in [0.15, 0.2) is 24.3 Å². The third-order valence-electron chi connectivity index (χ3n) is 5.00. The molecule has 1 N–H and O–H groups in total. The molecular formula is C18H26N2O. The van der Waals surface area contributed by atoms with Gasteiger partial charge in [-0.2, -0.15) is 0 Å². The highest BCUT2D eigenvalue weighted by Crippen LogP contribution is 2.23. The van der Waals surface area contributed by atoms with Crippen molar-refractivity contribution in [3.05, 3.63) is 35.4 Å². The summed E-state index contributed by atoms with van der Waals surface area (Å²) in [4.78, 5) is 14.8. The first-order valence-electron chi connectivity index (χ1n) is 8.37. The number of hydrogen-bond donors (Lipinski definition) is 1. The molecule has 1 fully saturated rings. The first kappa shape index (κ1) is 14.6. The fourth-order valence-electron chi connectivity index (χ4n) is 3.70. The van der Waals surface area contributed by atoms with Gasteiger partial charge < -0.3 is 10.2 Å². The maximum absolute atomic E-state index is 12.7. The van der Waals surface area contributed by atoms with Crippen molar-refractivity contribution in [2.75, 3.05) is 13.1 Å². The number of carbonyl (C=O) groups excluding carboxylic acids is 1. The summed E-state index contributed by atoms with van der Waals surface area (Å²) >= 11 is 0. The minimum Gasteiger partial charge on any atom is -0.341 e. The van der Waals surface area contributed by atoms with Crippen LogP contribution in [-0.2, 0) is 17.8 Å². The zero-order chi connectivity index (χ0) is 14.7. The van der Waals surface area contributed by atoms with Gasteiger partial charge in [0.25, 0.3) is 0 Å². The predicted molar refractivity (Wildman–Crippen MR) is 85.0 cm³/mol. The van der Waals surface area contributed by atoms with Crippen LogP contribution < -0.4 is 5.32 Å². The Morgan fingerprint density at radius 3 is 2.67 bits per heavy atom. The van der Waals surface area contributed by atoms with Crippen molar-refractivity contribution >= 4 is 5.91 Å². The first-order valence-corrected chi connectivity index (χ1v) is 8.37. The van der Waals surface area contributed by atoms with Crippen LogP contribution in [0.1, 0.15) is 43.7 Å². The smallest absolute Gasteiger partial charge is 0.240 e. The molecule has 1 aromatic carbocycles. The van der Waals surface area contributed by atoms with Gasteiger partial charge in [0, 0.05) is 19.6 Å². The summed E-state index contributed by atoms with van der Waals surface area (Å²) in [5.74, 6) is 1.14. The molecule has 0 bridgehead atoms. The topological polar surface area (TPSA) is 32.3 Å². The highest BCUT2D eigenvalue weighted by Gasteiger charge is 2.30. The molecule has 1 atom stereocenters. The van der Waals surface area contributed by atoms with Crippen molar-refractivity contribution in [2.45, 2.75) is 51.6 Å². The fraction of sp³-hybridized carbons (Fsp3) is 0.611. The molecule has 2 heterocycles.